The van der Waals surface area contributed by atoms with E-state index in [-0.39, 0.29) is 27.7 Å². The lowest BCUT2D eigenvalue weighted by Gasteiger charge is -2.10. The van der Waals surface area contributed by atoms with Crippen molar-refractivity contribution >= 4 is 22.8 Å². The zero-order valence-corrected chi connectivity index (χ0v) is 13.0. The van der Waals surface area contributed by atoms with Gasteiger partial charge < -0.3 is 5.11 Å². The lowest BCUT2D eigenvalue weighted by atomic mass is 10.1. The predicted octanol–water partition coefficient (Wildman–Crippen LogP) is 3.13. The molecule has 0 fully saturated rings. The maximum atomic E-state index is 14.5. The summed E-state index contributed by atoms with van der Waals surface area (Å²) in [7, 11) is 0. The van der Waals surface area contributed by atoms with Crippen molar-refractivity contribution in [2.24, 2.45) is 0 Å². The zero-order chi connectivity index (χ0) is 16.7. The lowest BCUT2D eigenvalue weighted by molar-refractivity contribution is 0.269. The molecule has 1 aromatic carbocycles. The van der Waals surface area contributed by atoms with Gasteiger partial charge in [0.25, 0.3) is 0 Å². The average Bonchev–Trinajstić information content (AvgIpc) is 2.49. The van der Waals surface area contributed by atoms with Gasteiger partial charge in [-0.05, 0) is 37.6 Å². The van der Waals surface area contributed by atoms with Gasteiger partial charge in [-0.1, -0.05) is 0 Å². The zero-order valence-electron chi connectivity index (χ0n) is 12.2. The number of aliphatic hydroxyl groups is 1. The molecule has 0 aliphatic carbocycles. The Morgan fingerprint density at radius 3 is 2.43 bits per heavy atom. The van der Waals surface area contributed by atoms with E-state index in [0.29, 0.717) is 11.4 Å². The van der Waals surface area contributed by atoms with E-state index in [2.05, 4.69) is 19.9 Å². The standard InChI is InChI=1S/C15H11ClF2N4O/c1-6-7(2)20-14-13(19-6)12(21-15(16)22-14)8-3-4-10(17)9(5-23)11(8)18/h3-4,23H,5H2,1-2H3. The number of benzene rings is 1. The van der Waals surface area contributed by atoms with Crippen LogP contribution in [-0.2, 0) is 6.61 Å². The highest BCUT2D eigenvalue weighted by Gasteiger charge is 2.20. The highest BCUT2D eigenvalue weighted by molar-refractivity contribution is 6.28. The predicted molar refractivity (Wildman–Crippen MR) is 80.9 cm³/mol. The summed E-state index contributed by atoms with van der Waals surface area (Å²) in [5.74, 6) is -1.75. The molecule has 23 heavy (non-hydrogen) atoms. The Bertz CT molecular complexity index is 933. The number of aliphatic hydroxyl groups excluding tert-OH is 1. The van der Waals surface area contributed by atoms with Crippen molar-refractivity contribution in [3.05, 3.63) is 46.0 Å². The van der Waals surface area contributed by atoms with Gasteiger partial charge in [0.15, 0.2) is 5.65 Å². The molecule has 0 bridgehead atoms. The Morgan fingerprint density at radius 1 is 1.04 bits per heavy atom. The molecule has 0 atom stereocenters. The molecule has 5 nitrogen and oxygen atoms in total. The molecule has 3 aromatic rings. The highest BCUT2D eigenvalue weighted by atomic mass is 35.5. The molecule has 0 aliphatic rings. The van der Waals surface area contributed by atoms with Crippen LogP contribution in [0.25, 0.3) is 22.4 Å². The number of halogens is 3. The maximum absolute atomic E-state index is 14.5. The van der Waals surface area contributed by atoms with Crippen LogP contribution in [0.4, 0.5) is 8.78 Å². The van der Waals surface area contributed by atoms with E-state index < -0.39 is 23.8 Å². The Labute approximate surface area is 135 Å². The van der Waals surface area contributed by atoms with Gasteiger partial charge in [0.05, 0.1) is 18.0 Å². The molecule has 0 radical (unpaired) electrons. The normalized spacial score (nSPS) is 11.2. The number of aromatic nitrogens is 4. The Balaban J connectivity index is 2.39. The molecule has 2 aromatic heterocycles. The third-order valence-corrected chi connectivity index (χ3v) is 3.68. The molecule has 8 heteroatoms. The van der Waals surface area contributed by atoms with Gasteiger partial charge in [0.1, 0.15) is 22.8 Å². The summed E-state index contributed by atoms with van der Waals surface area (Å²) in [5.41, 5.74) is 1.40. The fraction of sp³-hybridized carbons (Fsp3) is 0.200. The Kier molecular flexibility index (Phi) is 3.91. The molecule has 118 valence electrons. The third-order valence-electron chi connectivity index (χ3n) is 3.51. The number of fused-ring (bicyclic) bond motifs is 1. The van der Waals surface area contributed by atoms with Crippen LogP contribution in [0.5, 0.6) is 0 Å². The molecule has 3 rings (SSSR count). The summed E-state index contributed by atoms with van der Waals surface area (Å²) >= 11 is 5.89. The van der Waals surface area contributed by atoms with Crippen LogP contribution >= 0.6 is 11.6 Å². The van der Waals surface area contributed by atoms with Crippen LogP contribution in [0.1, 0.15) is 17.0 Å². The van der Waals surface area contributed by atoms with Crippen LogP contribution < -0.4 is 0 Å². The van der Waals surface area contributed by atoms with Crippen LogP contribution in [-0.4, -0.2) is 25.0 Å². The van der Waals surface area contributed by atoms with E-state index >= 15 is 0 Å². The summed E-state index contributed by atoms with van der Waals surface area (Å²) in [6, 6.07) is 2.28. The topological polar surface area (TPSA) is 71.8 Å². The maximum Gasteiger partial charge on any atom is 0.225 e. The first-order valence-corrected chi connectivity index (χ1v) is 7.06. The van der Waals surface area contributed by atoms with Crippen molar-refractivity contribution in [2.45, 2.75) is 20.5 Å². The molecule has 0 unspecified atom stereocenters. The second-order valence-electron chi connectivity index (χ2n) is 4.95. The van der Waals surface area contributed by atoms with Crippen LogP contribution in [0.15, 0.2) is 12.1 Å². The van der Waals surface area contributed by atoms with Crippen molar-refractivity contribution in [3.8, 4) is 11.3 Å². The summed E-state index contributed by atoms with van der Waals surface area (Å²) in [5, 5.41) is 9.03. The molecule has 0 saturated carbocycles. The molecule has 0 saturated heterocycles. The summed E-state index contributed by atoms with van der Waals surface area (Å²) < 4.78 is 28.1. The molecular weight excluding hydrogens is 326 g/mol. The first-order valence-electron chi connectivity index (χ1n) is 6.69. The van der Waals surface area contributed by atoms with Crippen molar-refractivity contribution in [3.63, 3.8) is 0 Å². The second kappa shape index (κ2) is 5.75. The molecule has 2 heterocycles. The number of nitrogens with zero attached hydrogens (tertiary/aromatic N) is 4. The minimum Gasteiger partial charge on any atom is -0.391 e. The van der Waals surface area contributed by atoms with Crippen molar-refractivity contribution < 1.29 is 13.9 Å². The minimum atomic E-state index is -0.913. The van der Waals surface area contributed by atoms with E-state index in [1.165, 1.54) is 6.07 Å². The Hall–Kier alpha value is -2.25. The van der Waals surface area contributed by atoms with Gasteiger partial charge in [-0.15, -0.1) is 0 Å². The van der Waals surface area contributed by atoms with Crippen LogP contribution in [0, 0.1) is 25.5 Å². The van der Waals surface area contributed by atoms with E-state index in [1.54, 1.807) is 13.8 Å². The average molecular weight is 337 g/mol. The summed E-state index contributed by atoms with van der Waals surface area (Å²) in [6.07, 6.45) is 0. The van der Waals surface area contributed by atoms with Gasteiger partial charge >= 0.3 is 0 Å². The number of hydrogen-bond donors (Lipinski definition) is 1. The van der Waals surface area contributed by atoms with E-state index in [9.17, 15) is 8.78 Å². The first kappa shape index (κ1) is 15.6. The van der Waals surface area contributed by atoms with Gasteiger partial charge in [-0.3, -0.25) is 0 Å². The van der Waals surface area contributed by atoms with Gasteiger partial charge in [-0.25, -0.2) is 23.7 Å². The SMILES string of the molecule is Cc1nc2nc(Cl)nc(-c3ccc(F)c(CO)c3F)c2nc1C. The number of rotatable bonds is 2. The summed E-state index contributed by atoms with van der Waals surface area (Å²) in [6.45, 7) is 2.74. The van der Waals surface area contributed by atoms with Crippen molar-refractivity contribution in [1.82, 2.24) is 19.9 Å². The molecule has 0 aliphatic heterocycles. The van der Waals surface area contributed by atoms with Crippen molar-refractivity contribution in [1.29, 1.82) is 0 Å². The van der Waals surface area contributed by atoms with Gasteiger partial charge in [-0.2, -0.15) is 4.98 Å². The van der Waals surface area contributed by atoms with E-state index in [4.69, 9.17) is 16.7 Å². The Morgan fingerprint density at radius 2 is 1.74 bits per heavy atom. The van der Waals surface area contributed by atoms with Gasteiger partial charge in [0, 0.05) is 11.1 Å². The van der Waals surface area contributed by atoms with Gasteiger partial charge in [0.2, 0.25) is 5.28 Å². The smallest absolute Gasteiger partial charge is 0.225 e. The lowest BCUT2D eigenvalue weighted by Crippen LogP contribution is -2.03. The third kappa shape index (κ3) is 2.62. The molecule has 0 spiro atoms. The molecular formula is C15H11ClF2N4O. The van der Waals surface area contributed by atoms with Crippen molar-refractivity contribution in [2.75, 3.05) is 0 Å². The largest absolute Gasteiger partial charge is 0.391 e. The minimum absolute atomic E-state index is 0.0256. The van der Waals surface area contributed by atoms with Crippen LogP contribution in [0.3, 0.4) is 0 Å². The summed E-state index contributed by atoms with van der Waals surface area (Å²) in [4.78, 5) is 16.6. The number of aryl methyl sites for hydroxylation is 2. The van der Waals surface area contributed by atoms with E-state index in [1.807, 2.05) is 0 Å². The quantitative estimate of drug-likeness (QED) is 0.728. The molecule has 0 amide bonds. The van der Waals surface area contributed by atoms with Crippen LogP contribution in [0.2, 0.25) is 5.28 Å². The fourth-order valence-corrected chi connectivity index (χ4v) is 2.36. The second-order valence-corrected chi connectivity index (χ2v) is 5.29. The number of hydrogen-bond acceptors (Lipinski definition) is 5. The highest BCUT2D eigenvalue weighted by Crippen LogP contribution is 2.30. The molecule has 1 N–H and O–H groups in total. The fourth-order valence-electron chi connectivity index (χ4n) is 2.20. The van der Waals surface area contributed by atoms with E-state index in [0.717, 1.165) is 6.07 Å². The monoisotopic (exact) mass is 336 g/mol. The first-order chi connectivity index (χ1) is 10.9.